The molecule has 0 aliphatic rings. The Bertz CT molecular complexity index is 467. The smallest absolute Gasteiger partial charge is 0.165 e. The zero-order valence-electron chi connectivity index (χ0n) is 9.34. The second-order valence-corrected chi connectivity index (χ2v) is 3.47. The lowest BCUT2D eigenvalue weighted by molar-refractivity contribution is 0.472. The van der Waals surface area contributed by atoms with Crippen molar-refractivity contribution in [3.05, 3.63) is 36.4 Å². The molecule has 0 spiro atoms. The van der Waals surface area contributed by atoms with Crippen LogP contribution in [0.1, 0.15) is 5.56 Å². The first kappa shape index (κ1) is 10.6. The first-order valence-electron chi connectivity index (χ1n) is 5.03. The third-order valence-corrected chi connectivity index (χ3v) is 2.14. The minimum atomic E-state index is 0.726. The van der Waals surface area contributed by atoms with Crippen LogP contribution in [0.15, 0.2) is 30.9 Å². The van der Waals surface area contributed by atoms with Crippen molar-refractivity contribution in [1.82, 2.24) is 20.1 Å². The van der Waals surface area contributed by atoms with Crippen molar-refractivity contribution < 1.29 is 4.74 Å². The van der Waals surface area contributed by atoms with Gasteiger partial charge in [-0.05, 0) is 13.1 Å². The van der Waals surface area contributed by atoms with E-state index in [0.29, 0.717) is 0 Å². The molecule has 5 heteroatoms. The second-order valence-electron chi connectivity index (χ2n) is 3.47. The van der Waals surface area contributed by atoms with Crippen molar-refractivity contribution in [2.24, 2.45) is 7.05 Å². The summed E-state index contributed by atoms with van der Waals surface area (Å²) < 4.78 is 7.42. The van der Waals surface area contributed by atoms with E-state index in [0.717, 1.165) is 23.6 Å². The highest BCUT2D eigenvalue weighted by Crippen LogP contribution is 2.23. The van der Waals surface area contributed by atoms with E-state index in [4.69, 9.17) is 4.74 Å². The molecule has 0 fully saturated rings. The summed E-state index contributed by atoms with van der Waals surface area (Å²) in [5, 5.41) is 7.12. The molecule has 0 atom stereocenters. The lowest BCUT2D eigenvalue weighted by Gasteiger charge is -2.08. The molecule has 2 rings (SSSR count). The zero-order valence-corrected chi connectivity index (χ0v) is 9.34. The number of rotatable bonds is 4. The van der Waals surface area contributed by atoms with Crippen LogP contribution in [0.5, 0.6) is 11.5 Å². The largest absolute Gasteiger partial charge is 0.454 e. The molecule has 84 valence electrons. The molecule has 0 aliphatic carbocycles. The summed E-state index contributed by atoms with van der Waals surface area (Å²) in [7, 11) is 3.74. The maximum Gasteiger partial charge on any atom is 0.165 e. The predicted molar refractivity (Wildman–Crippen MR) is 60.3 cm³/mol. The van der Waals surface area contributed by atoms with Gasteiger partial charge in [0.15, 0.2) is 5.75 Å². The topological polar surface area (TPSA) is 52.0 Å². The fraction of sp³-hybridized carbons (Fsp3) is 0.273. The van der Waals surface area contributed by atoms with Crippen molar-refractivity contribution in [2.75, 3.05) is 7.05 Å². The molecule has 2 heterocycles. The van der Waals surface area contributed by atoms with Crippen LogP contribution in [-0.4, -0.2) is 21.8 Å². The highest BCUT2D eigenvalue weighted by Gasteiger charge is 2.05. The maximum atomic E-state index is 5.72. The molecule has 2 aromatic rings. The van der Waals surface area contributed by atoms with E-state index in [1.54, 1.807) is 23.3 Å². The second kappa shape index (κ2) is 4.76. The Morgan fingerprint density at radius 2 is 2.31 bits per heavy atom. The minimum absolute atomic E-state index is 0.726. The van der Waals surface area contributed by atoms with Crippen LogP contribution in [0.4, 0.5) is 0 Å². The Labute approximate surface area is 94.1 Å². The maximum absolute atomic E-state index is 5.72. The van der Waals surface area contributed by atoms with Gasteiger partial charge in [0.2, 0.25) is 0 Å². The van der Waals surface area contributed by atoms with E-state index in [-0.39, 0.29) is 0 Å². The lowest BCUT2D eigenvalue weighted by Crippen LogP contribution is -2.06. The summed E-state index contributed by atoms with van der Waals surface area (Å²) in [6.45, 7) is 0.726. The molecule has 2 aromatic heterocycles. The van der Waals surface area contributed by atoms with Gasteiger partial charge >= 0.3 is 0 Å². The van der Waals surface area contributed by atoms with Crippen molar-refractivity contribution >= 4 is 0 Å². The van der Waals surface area contributed by atoms with Crippen LogP contribution in [0.3, 0.4) is 0 Å². The molecule has 0 aromatic carbocycles. The number of ether oxygens (including phenoxy) is 1. The van der Waals surface area contributed by atoms with E-state index in [1.807, 2.05) is 26.4 Å². The SMILES string of the molecule is CNCc1cnccc1Oc1cnn(C)c1. The van der Waals surface area contributed by atoms with E-state index in [9.17, 15) is 0 Å². The van der Waals surface area contributed by atoms with Gasteiger partial charge in [-0.2, -0.15) is 5.10 Å². The number of hydrogen-bond acceptors (Lipinski definition) is 4. The van der Waals surface area contributed by atoms with Gasteiger partial charge in [-0.15, -0.1) is 0 Å². The van der Waals surface area contributed by atoms with Crippen molar-refractivity contribution in [1.29, 1.82) is 0 Å². The fourth-order valence-electron chi connectivity index (χ4n) is 1.42. The molecular formula is C11H14N4O. The summed E-state index contributed by atoms with van der Waals surface area (Å²) in [6.07, 6.45) is 7.01. The number of nitrogens with one attached hydrogen (secondary N) is 1. The predicted octanol–water partition coefficient (Wildman–Crippen LogP) is 1.33. The highest BCUT2D eigenvalue weighted by molar-refractivity contribution is 5.34. The normalized spacial score (nSPS) is 10.4. The van der Waals surface area contributed by atoms with E-state index >= 15 is 0 Å². The highest BCUT2D eigenvalue weighted by atomic mass is 16.5. The first-order chi connectivity index (χ1) is 7.79. The first-order valence-corrected chi connectivity index (χ1v) is 5.03. The monoisotopic (exact) mass is 218 g/mol. The molecule has 16 heavy (non-hydrogen) atoms. The number of nitrogens with zero attached hydrogens (tertiary/aromatic N) is 3. The van der Waals surface area contributed by atoms with Crippen LogP contribution in [-0.2, 0) is 13.6 Å². The Morgan fingerprint density at radius 1 is 1.44 bits per heavy atom. The van der Waals surface area contributed by atoms with Crippen LogP contribution < -0.4 is 10.1 Å². The number of hydrogen-bond donors (Lipinski definition) is 1. The molecule has 0 radical (unpaired) electrons. The van der Waals surface area contributed by atoms with Gasteiger partial charge in [0.05, 0.1) is 12.4 Å². The molecule has 5 nitrogen and oxygen atoms in total. The molecule has 0 saturated carbocycles. The number of pyridine rings is 1. The van der Waals surface area contributed by atoms with E-state index < -0.39 is 0 Å². The molecule has 0 saturated heterocycles. The third-order valence-electron chi connectivity index (χ3n) is 2.14. The van der Waals surface area contributed by atoms with Crippen molar-refractivity contribution in [3.8, 4) is 11.5 Å². The summed E-state index contributed by atoms with van der Waals surface area (Å²) in [4.78, 5) is 4.07. The van der Waals surface area contributed by atoms with Crippen LogP contribution in [0, 0.1) is 0 Å². The molecule has 0 bridgehead atoms. The van der Waals surface area contributed by atoms with Gasteiger partial charge in [-0.25, -0.2) is 0 Å². The minimum Gasteiger partial charge on any atom is -0.454 e. The molecule has 0 aliphatic heterocycles. The Kier molecular flexibility index (Phi) is 3.16. The standard InChI is InChI=1S/C11H14N4O/c1-12-5-9-6-13-4-3-11(9)16-10-7-14-15(2)8-10/h3-4,6-8,12H,5H2,1-2H3. The number of aromatic nitrogens is 3. The van der Waals surface area contributed by atoms with Crippen LogP contribution >= 0.6 is 0 Å². The Morgan fingerprint density at radius 3 is 3.00 bits per heavy atom. The molecule has 0 amide bonds. The van der Waals surface area contributed by atoms with Gasteiger partial charge in [0.1, 0.15) is 5.75 Å². The summed E-state index contributed by atoms with van der Waals surface area (Å²) in [5.41, 5.74) is 1.02. The zero-order chi connectivity index (χ0) is 11.4. The summed E-state index contributed by atoms with van der Waals surface area (Å²) in [6, 6.07) is 1.85. The van der Waals surface area contributed by atoms with Gasteiger partial charge in [-0.1, -0.05) is 0 Å². The summed E-state index contributed by atoms with van der Waals surface area (Å²) in [5.74, 6) is 1.53. The lowest BCUT2D eigenvalue weighted by atomic mass is 10.2. The molecule has 1 N–H and O–H groups in total. The number of aryl methyl sites for hydroxylation is 1. The van der Waals surface area contributed by atoms with E-state index in [2.05, 4.69) is 15.4 Å². The van der Waals surface area contributed by atoms with Crippen molar-refractivity contribution in [3.63, 3.8) is 0 Å². The van der Waals surface area contributed by atoms with Gasteiger partial charge in [-0.3, -0.25) is 9.67 Å². The Balaban J connectivity index is 2.20. The average Bonchev–Trinajstić information content (AvgIpc) is 2.67. The summed E-state index contributed by atoms with van der Waals surface area (Å²) >= 11 is 0. The molecular weight excluding hydrogens is 204 g/mol. The van der Waals surface area contributed by atoms with E-state index in [1.165, 1.54) is 0 Å². The third kappa shape index (κ3) is 2.38. The Hall–Kier alpha value is -1.88. The fourth-order valence-corrected chi connectivity index (χ4v) is 1.42. The van der Waals surface area contributed by atoms with Crippen LogP contribution in [0.25, 0.3) is 0 Å². The van der Waals surface area contributed by atoms with Crippen molar-refractivity contribution in [2.45, 2.75) is 6.54 Å². The van der Waals surface area contributed by atoms with Gasteiger partial charge < -0.3 is 10.1 Å². The molecule has 0 unspecified atom stereocenters. The van der Waals surface area contributed by atoms with Gasteiger partial charge in [0, 0.05) is 31.5 Å². The van der Waals surface area contributed by atoms with Crippen LogP contribution in [0.2, 0.25) is 0 Å². The quantitative estimate of drug-likeness (QED) is 0.841. The average molecular weight is 218 g/mol. The van der Waals surface area contributed by atoms with Gasteiger partial charge in [0.25, 0.3) is 0 Å².